The number of ether oxygens (including phenoxy) is 1. The summed E-state index contributed by atoms with van der Waals surface area (Å²) in [5.41, 5.74) is 0.339. The molecule has 28 heavy (non-hydrogen) atoms. The van der Waals surface area contributed by atoms with Gasteiger partial charge in [-0.05, 0) is 6.92 Å². The summed E-state index contributed by atoms with van der Waals surface area (Å²) >= 11 is 0. The van der Waals surface area contributed by atoms with Crippen molar-refractivity contribution >= 4 is 17.8 Å². The second-order valence-electron chi connectivity index (χ2n) is 6.62. The molecule has 1 saturated heterocycles. The van der Waals surface area contributed by atoms with Gasteiger partial charge in [0.25, 0.3) is 5.56 Å². The molecule has 0 saturated carbocycles. The summed E-state index contributed by atoms with van der Waals surface area (Å²) in [5, 5.41) is 2.74. The third kappa shape index (κ3) is 5.00. The minimum Gasteiger partial charge on any atom is -0.378 e. The molecule has 1 aliphatic heterocycles. The molecule has 11 nitrogen and oxygen atoms in total. The number of nitrogens with one attached hydrogen (secondary N) is 1. The average molecular weight is 388 g/mol. The van der Waals surface area contributed by atoms with Gasteiger partial charge < -0.3 is 19.9 Å². The average Bonchev–Trinajstić information content (AvgIpc) is 2.69. The number of morpholine rings is 1. The van der Waals surface area contributed by atoms with E-state index in [2.05, 4.69) is 25.3 Å². The van der Waals surface area contributed by atoms with Crippen molar-refractivity contribution in [3.05, 3.63) is 34.3 Å². The molecule has 2 aromatic rings. The lowest BCUT2D eigenvalue weighted by molar-refractivity contribution is -0.121. The van der Waals surface area contributed by atoms with E-state index in [1.807, 2.05) is 19.0 Å². The Bertz CT molecular complexity index is 892. The van der Waals surface area contributed by atoms with Crippen molar-refractivity contribution in [2.45, 2.75) is 20.0 Å². The van der Waals surface area contributed by atoms with Gasteiger partial charge in [-0.3, -0.25) is 14.2 Å². The zero-order valence-corrected chi connectivity index (χ0v) is 16.3. The van der Waals surface area contributed by atoms with Crippen LogP contribution in [-0.2, 0) is 22.6 Å². The first-order valence-corrected chi connectivity index (χ1v) is 8.97. The molecule has 0 unspecified atom stereocenters. The fourth-order valence-corrected chi connectivity index (χ4v) is 2.60. The van der Waals surface area contributed by atoms with Crippen LogP contribution in [0.3, 0.4) is 0 Å². The quantitative estimate of drug-likeness (QED) is 0.661. The van der Waals surface area contributed by atoms with Crippen LogP contribution in [0.1, 0.15) is 11.5 Å². The molecule has 0 radical (unpaired) electrons. The topological polar surface area (TPSA) is 118 Å². The van der Waals surface area contributed by atoms with E-state index in [0.717, 1.165) is 0 Å². The molecule has 3 heterocycles. The van der Waals surface area contributed by atoms with E-state index in [1.54, 1.807) is 11.8 Å². The van der Waals surface area contributed by atoms with E-state index in [-0.39, 0.29) is 24.6 Å². The van der Waals surface area contributed by atoms with Crippen molar-refractivity contribution in [1.29, 1.82) is 0 Å². The van der Waals surface area contributed by atoms with Crippen LogP contribution in [0.4, 0.5) is 11.9 Å². The molecule has 150 valence electrons. The van der Waals surface area contributed by atoms with Gasteiger partial charge in [0.15, 0.2) is 5.82 Å². The highest BCUT2D eigenvalue weighted by atomic mass is 16.5. The van der Waals surface area contributed by atoms with Crippen LogP contribution in [0.2, 0.25) is 0 Å². The molecule has 1 N–H and O–H groups in total. The SMILES string of the molecule is Cc1cc(=O)n(CC(=O)NCc2nc(N(C)C)nc(N3CCOCC3)n2)cn1. The highest BCUT2D eigenvalue weighted by Crippen LogP contribution is 2.14. The lowest BCUT2D eigenvalue weighted by atomic mass is 10.4. The highest BCUT2D eigenvalue weighted by Gasteiger charge is 2.17. The van der Waals surface area contributed by atoms with Crippen LogP contribution in [0, 0.1) is 6.92 Å². The van der Waals surface area contributed by atoms with Crippen molar-refractivity contribution in [2.24, 2.45) is 0 Å². The third-order valence-corrected chi connectivity index (χ3v) is 4.13. The number of carbonyl (C=O) groups excluding carboxylic acids is 1. The zero-order chi connectivity index (χ0) is 20.1. The molecule has 1 amide bonds. The van der Waals surface area contributed by atoms with Crippen molar-refractivity contribution < 1.29 is 9.53 Å². The number of hydrogen-bond acceptors (Lipinski definition) is 9. The fourth-order valence-electron chi connectivity index (χ4n) is 2.60. The van der Waals surface area contributed by atoms with Crippen LogP contribution in [0.5, 0.6) is 0 Å². The van der Waals surface area contributed by atoms with Gasteiger partial charge in [0.2, 0.25) is 17.8 Å². The van der Waals surface area contributed by atoms with Crippen LogP contribution < -0.4 is 20.7 Å². The van der Waals surface area contributed by atoms with E-state index < -0.39 is 0 Å². The van der Waals surface area contributed by atoms with Crippen LogP contribution in [0.25, 0.3) is 0 Å². The molecule has 1 fully saturated rings. The van der Waals surface area contributed by atoms with Crippen LogP contribution >= 0.6 is 0 Å². The van der Waals surface area contributed by atoms with Gasteiger partial charge in [0.05, 0.1) is 26.1 Å². The number of amides is 1. The normalized spacial score (nSPS) is 14.0. The summed E-state index contributed by atoms with van der Waals surface area (Å²) in [7, 11) is 3.69. The molecule has 3 rings (SSSR count). The minimum absolute atomic E-state index is 0.117. The van der Waals surface area contributed by atoms with E-state index >= 15 is 0 Å². The largest absolute Gasteiger partial charge is 0.378 e. The number of aryl methyl sites for hydroxylation is 1. The van der Waals surface area contributed by atoms with E-state index in [4.69, 9.17) is 4.74 Å². The Kier molecular flexibility index (Phi) is 6.14. The summed E-state index contributed by atoms with van der Waals surface area (Å²) in [6, 6.07) is 1.39. The summed E-state index contributed by atoms with van der Waals surface area (Å²) in [6.45, 7) is 4.38. The molecule has 11 heteroatoms. The number of aromatic nitrogens is 5. The monoisotopic (exact) mass is 388 g/mol. The zero-order valence-electron chi connectivity index (χ0n) is 16.3. The van der Waals surface area contributed by atoms with E-state index in [9.17, 15) is 9.59 Å². The molecule has 0 bridgehead atoms. The number of anilines is 2. The second-order valence-corrected chi connectivity index (χ2v) is 6.62. The minimum atomic E-state index is -0.326. The van der Waals surface area contributed by atoms with Crippen molar-refractivity contribution in [3.8, 4) is 0 Å². The van der Waals surface area contributed by atoms with Crippen molar-refractivity contribution in [3.63, 3.8) is 0 Å². The number of rotatable bonds is 6. The lowest BCUT2D eigenvalue weighted by Crippen LogP contribution is -2.38. The van der Waals surface area contributed by atoms with Crippen molar-refractivity contribution in [1.82, 2.24) is 29.8 Å². The third-order valence-electron chi connectivity index (χ3n) is 4.13. The van der Waals surface area contributed by atoms with E-state index in [1.165, 1.54) is 17.0 Å². The molecule has 0 spiro atoms. The standard InChI is InChI=1S/C17H24N8O3/c1-12-8-15(27)25(11-19-12)10-14(26)18-9-13-20-16(23(2)3)22-17(21-13)24-4-6-28-7-5-24/h8,11H,4-7,9-10H2,1-3H3,(H,18,26). The first-order chi connectivity index (χ1) is 13.4. The molecular weight excluding hydrogens is 364 g/mol. The first kappa shape index (κ1) is 19.7. The molecule has 2 aromatic heterocycles. The van der Waals surface area contributed by atoms with Gasteiger partial charge in [-0.15, -0.1) is 0 Å². The Hall–Kier alpha value is -3.08. The Labute approximate surface area is 162 Å². The summed E-state index contributed by atoms with van der Waals surface area (Å²) < 4.78 is 6.62. The molecular formula is C17H24N8O3. The van der Waals surface area contributed by atoms with Gasteiger partial charge in [-0.2, -0.15) is 15.0 Å². The van der Waals surface area contributed by atoms with Gasteiger partial charge in [0.1, 0.15) is 6.54 Å². The smallest absolute Gasteiger partial charge is 0.253 e. The van der Waals surface area contributed by atoms with Gasteiger partial charge in [-0.1, -0.05) is 0 Å². The Morgan fingerprint density at radius 3 is 2.68 bits per heavy atom. The van der Waals surface area contributed by atoms with Gasteiger partial charge in [0, 0.05) is 38.9 Å². The predicted molar refractivity (Wildman–Crippen MR) is 102 cm³/mol. The summed E-state index contributed by atoms with van der Waals surface area (Å²) in [4.78, 5) is 45.3. The summed E-state index contributed by atoms with van der Waals surface area (Å²) in [5.74, 6) is 1.19. The van der Waals surface area contributed by atoms with Gasteiger partial charge >= 0.3 is 0 Å². The van der Waals surface area contributed by atoms with Gasteiger partial charge in [-0.25, -0.2) is 4.98 Å². The molecule has 0 aromatic carbocycles. The Morgan fingerprint density at radius 1 is 1.25 bits per heavy atom. The maximum Gasteiger partial charge on any atom is 0.253 e. The molecule has 1 aliphatic rings. The van der Waals surface area contributed by atoms with E-state index in [0.29, 0.717) is 49.7 Å². The number of hydrogen-bond donors (Lipinski definition) is 1. The maximum atomic E-state index is 12.2. The fraction of sp³-hybridized carbons (Fsp3) is 0.529. The van der Waals surface area contributed by atoms with Crippen molar-refractivity contribution in [2.75, 3.05) is 50.2 Å². The maximum absolute atomic E-state index is 12.2. The lowest BCUT2D eigenvalue weighted by Gasteiger charge is -2.27. The van der Waals surface area contributed by atoms with Crippen LogP contribution in [-0.4, -0.2) is 70.8 Å². The Morgan fingerprint density at radius 2 is 2.00 bits per heavy atom. The number of nitrogens with zero attached hydrogens (tertiary/aromatic N) is 7. The first-order valence-electron chi connectivity index (χ1n) is 8.97. The second kappa shape index (κ2) is 8.74. The number of carbonyl (C=O) groups is 1. The predicted octanol–water partition coefficient (Wildman–Crippen LogP) is -1.04. The summed E-state index contributed by atoms with van der Waals surface area (Å²) in [6.07, 6.45) is 1.36. The van der Waals surface area contributed by atoms with Crippen LogP contribution in [0.15, 0.2) is 17.2 Å². The molecule has 0 aliphatic carbocycles. The Balaban J connectivity index is 1.69. The highest BCUT2D eigenvalue weighted by molar-refractivity contribution is 5.75. The molecule has 0 atom stereocenters.